The first-order chi connectivity index (χ1) is 10.4. The molecule has 0 saturated carbocycles. The maximum atomic E-state index is 13.4. The number of fused-ring (bicyclic) bond motifs is 2. The SMILES string of the molecule is O=C(CF)N1c2ccccc2NS(=O)(=O)c2cc(F)ccc21. The van der Waals surface area contributed by atoms with Crippen molar-refractivity contribution in [3.63, 3.8) is 0 Å². The van der Waals surface area contributed by atoms with Crippen molar-refractivity contribution < 1.29 is 22.0 Å². The molecular weight excluding hydrogens is 314 g/mol. The van der Waals surface area contributed by atoms with Crippen LogP contribution in [0.4, 0.5) is 25.8 Å². The van der Waals surface area contributed by atoms with Gasteiger partial charge in [-0.3, -0.25) is 14.4 Å². The molecule has 1 N–H and O–H groups in total. The van der Waals surface area contributed by atoms with Crippen LogP contribution in [0.3, 0.4) is 0 Å². The third-order valence-corrected chi connectivity index (χ3v) is 4.60. The lowest BCUT2D eigenvalue weighted by Crippen LogP contribution is -2.27. The largest absolute Gasteiger partial charge is 0.277 e. The van der Waals surface area contributed by atoms with Crippen LogP contribution in [-0.2, 0) is 14.8 Å². The zero-order valence-electron chi connectivity index (χ0n) is 11.1. The fourth-order valence-electron chi connectivity index (χ4n) is 2.30. The fraction of sp³-hybridized carbons (Fsp3) is 0.0714. The zero-order valence-corrected chi connectivity index (χ0v) is 11.9. The molecular formula is C14H10F2N2O3S. The van der Waals surface area contributed by atoms with Crippen molar-refractivity contribution in [1.29, 1.82) is 0 Å². The summed E-state index contributed by atoms with van der Waals surface area (Å²) < 4.78 is 53.4. The molecule has 114 valence electrons. The lowest BCUT2D eigenvalue weighted by molar-refractivity contribution is -0.118. The second kappa shape index (κ2) is 5.06. The summed E-state index contributed by atoms with van der Waals surface area (Å²) in [6.07, 6.45) is 0. The summed E-state index contributed by atoms with van der Waals surface area (Å²) in [7, 11) is -4.10. The number of sulfonamides is 1. The van der Waals surface area contributed by atoms with Gasteiger partial charge in [-0.05, 0) is 30.3 Å². The number of rotatable bonds is 1. The predicted molar refractivity (Wildman–Crippen MR) is 76.8 cm³/mol. The highest BCUT2D eigenvalue weighted by Gasteiger charge is 2.32. The van der Waals surface area contributed by atoms with Crippen molar-refractivity contribution in [2.75, 3.05) is 16.3 Å². The summed E-state index contributed by atoms with van der Waals surface area (Å²) in [5, 5.41) is 0. The number of nitrogens with zero attached hydrogens (tertiary/aromatic N) is 1. The van der Waals surface area contributed by atoms with Crippen LogP contribution in [0.2, 0.25) is 0 Å². The molecule has 0 saturated heterocycles. The van der Waals surface area contributed by atoms with E-state index < -0.39 is 33.3 Å². The van der Waals surface area contributed by atoms with E-state index in [-0.39, 0.29) is 17.1 Å². The van der Waals surface area contributed by atoms with Crippen molar-refractivity contribution in [2.24, 2.45) is 0 Å². The van der Waals surface area contributed by atoms with Gasteiger partial charge in [0.1, 0.15) is 10.7 Å². The fourth-order valence-corrected chi connectivity index (χ4v) is 3.58. The van der Waals surface area contributed by atoms with Crippen LogP contribution >= 0.6 is 0 Å². The molecule has 0 fully saturated rings. The Morgan fingerprint density at radius 2 is 1.86 bits per heavy atom. The molecule has 0 aromatic heterocycles. The number of alkyl halides is 1. The average molecular weight is 324 g/mol. The molecule has 1 aliphatic rings. The molecule has 1 aliphatic heterocycles. The zero-order chi connectivity index (χ0) is 15.9. The van der Waals surface area contributed by atoms with Crippen LogP contribution in [0.25, 0.3) is 0 Å². The summed E-state index contributed by atoms with van der Waals surface area (Å²) in [4.78, 5) is 12.5. The van der Waals surface area contributed by atoms with E-state index in [2.05, 4.69) is 4.72 Å². The quantitative estimate of drug-likeness (QED) is 0.877. The number of benzene rings is 2. The molecule has 8 heteroatoms. The Hall–Kier alpha value is -2.48. The lowest BCUT2D eigenvalue weighted by Gasteiger charge is -2.22. The molecule has 2 aromatic carbocycles. The van der Waals surface area contributed by atoms with E-state index in [1.165, 1.54) is 12.1 Å². The van der Waals surface area contributed by atoms with Gasteiger partial charge in [-0.25, -0.2) is 17.2 Å². The normalized spacial score (nSPS) is 15.3. The van der Waals surface area contributed by atoms with E-state index in [4.69, 9.17) is 0 Å². The third-order valence-electron chi connectivity index (χ3n) is 3.21. The molecule has 0 atom stereocenters. The summed E-state index contributed by atoms with van der Waals surface area (Å²) >= 11 is 0. The number of halogens is 2. The molecule has 22 heavy (non-hydrogen) atoms. The topological polar surface area (TPSA) is 66.5 Å². The molecule has 5 nitrogen and oxygen atoms in total. The van der Waals surface area contributed by atoms with Gasteiger partial charge < -0.3 is 0 Å². The Kier molecular flexibility index (Phi) is 3.32. The van der Waals surface area contributed by atoms with Gasteiger partial charge in [0.2, 0.25) is 0 Å². The second-order valence-corrected chi connectivity index (χ2v) is 6.25. The van der Waals surface area contributed by atoms with Crippen LogP contribution in [0, 0.1) is 5.82 Å². The van der Waals surface area contributed by atoms with Crippen molar-refractivity contribution in [2.45, 2.75) is 4.90 Å². The first-order valence-corrected chi connectivity index (χ1v) is 7.72. The monoisotopic (exact) mass is 324 g/mol. The summed E-state index contributed by atoms with van der Waals surface area (Å²) in [5.74, 6) is -1.72. The summed E-state index contributed by atoms with van der Waals surface area (Å²) in [6.45, 7) is -1.31. The molecule has 0 spiro atoms. The van der Waals surface area contributed by atoms with Crippen molar-refractivity contribution in [3.05, 3.63) is 48.3 Å². The Balaban J connectivity index is 2.38. The maximum Gasteiger partial charge on any atom is 0.264 e. The van der Waals surface area contributed by atoms with Crippen molar-refractivity contribution >= 4 is 33.0 Å². The standard InChI is InChI=1S/C14H10F2N2O3S/c15-8-14(19)18-11-4-2-1-3-10(11)17-22(20,21)13-7-9(16)5-6-12(13)18/h1-7,17H,8H2. The highest BCUT2D eigenvalue weighted by molar-refractivity contribution is 7.93. The van der Waals surface area contributed by atoms with Gasteiger partial charge in [-0.1, -0.05) is 12.1 Å². The predicted octanol–water partition coefficient (Wildman–Crippen LogP) is 2.57. The number of carbonyl (C=O) groups is 1. The van der Waals surface area contributed by atoms with Gasteiger partial charge in [0.25, 0.3) is 15.9 Å². The minimum Gasteiger partial charge on any atom is -0.277 e. The molecule has 0 bridgehead atoms. The number of para-hydroxylation sites is 2. The number of carbonyl (C=O) groups excluding carboxylic acids is 1. The molecule has 1 amide bonds. The molecule has 0 unspecified atom stereocenters. The van der Waals surface area contributed by atoms with Crippen LogP contribution in [0.15, 0.2) is 47.4 Å². The van der Waals surface area contributed by atoms with Gasteiger partial charge in [0.15, 0.2) is 6.67 Å². The highest BCUT2D eigenvalue weighted by atomic mass is 32.2. The van der Waals surface area contributed by atoms with Crippen LogP contribution in [0.1, 0.15) is 0 Å². The lowest BCUT2D eigenvalue weighted by atomic mass is 10.2. The first-order valence-electron chi connectivity index (χ1n) is 6.24. The first kappa shape index (κ1) is 14.5. The maximum absolute atomic E-state index is 13.4. The number of hydrogen-bond donors (Lipinski definition) is 1. The molecule has 1 heterocycles. The second-order valence-electron chi connectivity index (χ2n) is 4.60. The van der Waals surface area contributed by atoms with E-state index in [1.807, 2.05) is 0 Å². The Morgan fingerprint density at radius 3 is 2.59 bits per heavy atom. The molecule has 2 aromatic rings. The minimum absolute atomic E-state index is 0.0958. The molecule has 0 aliphatic carbocycles. The minimum atomic E-state index is -4.10. The average Bonchev–Trinajstić information content (AvgIpc) is 2.58. The van der Waals surface area contributed by atoms with Crippen molar-refractivity contribution in [1.82, 2.24) is 0 Å². The van der Waals surface area contributed by atoms with E-state index in [1.54, 1.807) is 12.1 Å². The number of hydrogen-bond acceptors (Lipinski definition) is 3. The van der Waals surface area contributed by atoms with Gasteiger partial charge in [0.05, 0.1) is 17.1 Å². The Labute approximate surface area is 125 Å². The number of anilines is 3. The van der Waals surface area contributed by atoms with E-state index in [0.29, 0.717) is 0 Å². The van der Waals surface area contributed by atoms with Crippen LogP contribution in [0.5, 0.6) is 0 Å². The Bertz CT molecular complexity index is 868. The van der Waals surface area contributed by atoms with E-state index in [9.17, 15) is 22.0 Å². The van der Waals surface area contributed by atoms with Gasteiger partial charge in [-0.2, -0.15) is 0 Å². The number of amides is 1. The van der Waals surface area contributed by atoms with Crippen molar-refractivity contribution in [3.8, 4) is 0 Å². The molecule has 3 rings (SSSR count). The highest BCUT2D eigenvalue weighted by Crippen LogP contribution is 2.40. The van der Waals surface area contributed by atoms with Gasteiger partial charge >= 0.3 is 0 Å². The van der Waals surface area contributed by atoms with Gasteiger partial charge in [-0.15, -0.1) is 0 Å². The van der Waals surface area contributed by atoms with E-state index >= 15 is 0 Å². The van der Waals surface area contributed by atoms with E-state index in [0.717, 1.165) is 23.1 Å². The smallest absolute Gasteiger partial charge is 0.264 e. The number of nitrogens with one attached hydrogen (secondary N) is 1. The summed E-state index contributed by atoms with van der Waals surface area (Å²) in [5.41, 5.74) is 0.196. The molecule has 0 radical (unpaired) electrons. The Morgan fingerprint density at radius 1 is 1.14 bits per heavy atom. The van der Waals surface area contributed by atoms with Crippen LogP contribution < -0.4 is 9.62 Å². The summed E-state index contributed by atoms with van der Waals surface area (Å²) in [6, 6.07) is 9.01. The third kappa shape index (κ3) is 2.21. The van der Waals surface area contributed by atoms with Gasteiger partial charge in [0, 0.05) is 0 Å². The van der Waals surface area contributed by atoms with Crippen LogP contribution in [-0.4, -0.2) is 21.0 Å².